The van der Waals surface area contributed by atoms with Crippen LogP contribution in [0.4, 0.5) is 0 Å². The number of thiophene rings is 1. The molecule has 4 aromatic rings. The Hall–Kier alpha value is -2.51. The van der Waals surface area contributed by atoms with E-state index in [4.69, 9.17) is 0 Å². The van der Waals surface area contributed by atoms with Gasteiger partial charge in [-0.1, -0.05) is 42.1 Å². The highest BCUT2D eigenvalue weighted by molar-refractivity contribution is 7.98. The highest BCUT2D eigenvalue weighted by Crippen LogP contribution is 2.34. The quantitative estimate of drug-likeness (QED) is 0.460. The van der Waals surface area contributed by atoms with Crippen molar-refractivity contribution in [2.45, 2.75) is 36.6 Å². The van der Waals surface area contributed by atoms with Crippen LogP contribution in [-0.4, -0.2) is 25.4 Å². The zero-order chi connectivity index (χ0) is 19.1. The van der Waals surface area contributed by atoms with Crippen molar-refractivity contribution < 1.29 is 4.79 Å². The first-order valence-corrected chi connectivity index (χ1v) is 11.0. The van der Waals surface area contributed by atoms with E-state index in [1.54, 1.807) is 33.8 Å². The first-order valence-electron chi connectivity index (χ1n) is 9.17. The number of fused-ring (bicyclic) bond motifs is 2. The lowest BCUT2D eigenvalue weighted by atomic mass is 9.86. The smallest absolute Gasteiger partial charge is 0.253 e. The number of hydrogen-bond acceptors (Lipinski definition) is 6. The van der Waals surface area contributed by atoms with E-state index in [-0.39, 0.29) is 11.7 Å². The van der Waals surface area contributed by atoms with E-state index in [9.17, 15) is 4.79 Å². The number of carbonyl (C=O) groups is 1. The molecule has 0 unspecified atom stereocenters. The van der Waals surface area contributed by atoms with E-state index in [1.807, 2.05) is 18.2 Å². The normalized spacial score (nSPS) is 16.5. The molecule has 1 aliphatic carbocycles. The molecule has 3 heterocycles. The molecule has 0 saturated carbocycles. The SMILES string of the molecule is Cc1ccccc1CSc1nc2nc3c(cn2n1)C(=O)C[C@H](c1cccs1)C3. The third-order valence-electron chi connectivity index (χ3n) is 5.13. The number of Topliss-reactive ketones (excluding diaryl/α,β-unsaturated/α-hetero) is 1. The lowest BCUT2D eigenvalue weighted by Crippen LogP contribution is -2.20. The first kappa shape index (κ1) is 17.6. The molecule has 1 atom stereocenters. The van der Waals surface area contributed by atoms with Gasteiger partial charge in [0.2, 0.25) is 5.16 Å². The van der Waals surface area contributed by atoms with Gasteiger partial charge in [-0.2, -0.15) is 4.98 Å². The van der Waals surface area contributed by atoms with Crippen LogP contribution in [-0.2, 0) is 12.2 Å². The Bertz CT molecular complexity index is 1170. The second-order valence-corrected chi connectivity index (χ2v) is 8.92. The summed E-state index contributed by atoms with van der Waals surface area (Å²) in [4.78, 5) is 23.2. The second kappa shape index (κ2) is 7.14. The minimum Gasteiger partial charge on any atom is -0.294 e. The molecule has 5 nitrogen and oxygen atoms in total. The summed E-state index contributed by atoms with van der Waals surface area (Å²) in [7, 11) is 0. The summed E-state index contributed by atoms with van der Waals surface area (Å²) in [6, 6.07) is 12.5. The predicted molar refractivity (Wildman–Crippen MR) is 111 cm³/mol. The van der Waals surface area contributed by atoms with Gasteiger partial charge in [0.25, 0.3) is 5.78 Å². The molecular formula is C21H18N4OS2. The molecule has 28 heavy (non-hydrogen) atoms. The molecule has 0 N–H and O–H groups in total. The molecule has 1 aromatic carbocycles. The van der Waals surface area contributed by atoms with Gasteiger partial charge in [-0.3, -0.25) is 4.79 Å². The summed E-state index contributed by atoms with van der Waals surface area (Å²) in [6.45, 7) is 2.11. The van der Waals surface area contributed by atoms with E-state index >= 15 is 0 Å². The van der Waals surface area contributed by atoms with Crippen molar-refractivity contribution >= 4 is 34.7 Å². The zero-order valence-electron chi connectivity index (χ0n) is 15.3. The molecule has 0 saturated heterocycles. The average Bonchev–Trinajstić information content (AvgIpc) is 3.35. The van der Waals surface area contributed by atoms with Crippen LogP contribution in [0.3, 0.4) is 0 Å². The van der Waals surface area contributed by atoms with Gasteiger partial charge in [-0.25, -0.2) is 9.50 Å². The van der Waals surface area contributed by atoms with Crippen LogP contribution >= 0.6 is 23.1 Å². The Morgan fingerprint density at radius 2 is 2.07 bits per heavy atom. The van der Waals surface area contributed by atoms with Gasteiger partial charge in [0.05, 0.1) is 11.3 Å². The Morgan fingerprint density at radius 3 is 2.89 bits per heavy atom. The monoisotopic (exact) mass is 406 g/mol. The molecule has 0 radical (unpaired) electrons. The molecule has 0 fully saturated rings. The largest absolute Gasteiger partial charge is 0.294 e. The fraction of sp³-hybridized carbons (Fsp3) is 0.238. The highest BCUT2D eigenvalue weighted by Gasteiger charge is 2.29. The number of benzene rings is 1. The van der Waals surface area contributed by atoms with Crippen LogP contribution in [0.1, 0.15) is 44.4 Å². The standard InChI is InChI=1S/C21H18N4OS2/c1-13-5-2-3-6-14(13)12-28-21-23-20-22-17-9-15(19-7-4-8-27-19)10-18(26)16(17)11-25(20)24-21/h2-8,11,15H,9-10,12H2,1H3/t15-/m1/s1. The van der Waals surface area contributed by atoms with Crippen molar-refractivity contribution in [1.29, 1.82) is 0 Å². The number of ketones is 1. The third kappa shape index (κ3) is 3.25. The molecule has 5 rings (SSSR count). The molecule has 140 valence electrons. The Labute approximate surface area is 170 Å². The molecule has 0 spiro atoms. The Morgan fingerprint density at radius 1 is 1.18 bits per heavy atom. The van der Waals surface area contributed by atoms with Crippen molar-refractivity contribution in [3.63, 3.8) is 0 Å². The number of aryl methyl sites for hydroxylation is 1. The van der Waals surface area contributed by atoms with Crippen molar-refractivity contribution in [2.75, 3.05) is 0 Å². The van der Waals surface area contributed by atoms with Gasteiger partial charge in [0, 0.05) is 29.2 Å². The molecule has 7 heteroatoms. The van der Waals surface area contributed by atoms with Crippen LogP contribution in [0.5, 0.6) is 0 Å². The summed E-state index contributed by atoms with van der Waals surface area (Å²) in [5, 5.41) is 7.26. The average molecular weight is 407 g/mol. The number of nitrogens with zero attached hydrogens (tertiary/aromatic N) is 4. The van der Waals surface area contributed by atoms with Crippen LogP contribution in [0.15, 0.2) is 53.1 Å². The van der Waals surface area contributed by atoms with Gasteiger partial charge in [-0.05, 0) is 35.9 Å². The Balaban J connectivity index is 1.42. The zero-order valence-corrected chi connectivity index (χ0v) is 17.0. The maximum absolute atomic E-state index is 12.7. The lowest BCUT2D eigenvalue weighted by Gasteiger charge is -2.21. The molecular weight excluding hydrogens is 388 g/mol. The van der Waals surface area contributed by atoms with Gasteiger partial charge in [0.1, 0.15) is 0 Å². The van der Waals surface area contributed by atoms with Gasteiger partial charge in [0.15, 0.2) is 5.78 Å². The lowest BCUT2D eigenvalue weighted by molar-refractivity contribution is 0.0963. The van der Waals surface area contributed by atoms with Gasteiger partial charge < -0.3 is 0 Å². The molecule has 1 aliphatic rings. The summed E-state index contributed by atoms with van der Waals surface area (Å²) < 4.78 is 1.64. The maximum atomic E-state index is 12.7. The van der Waals surface area contributed by atoms with E-state index in [0.717, 1.165) is 17.9 Å². The molecule has 0 aliphatic heterocycles. The number of hydrogen-bond donors (Lipinski definition) is 0. The third-order valence-corrected chi connectivity index (χ3v) is 7.05. The Kier molecular flexibility index (Phi) is 4.49. The van der Waals surface area contributed by atoms with Crippen LogP contribution < -0.4 is 0 Å². The number of aromatic nitrogens is 4. The number of rotatable bonds is 4. The summed E-state index contributed by atoms with van der Waals surface area (Å²) in [5.41, 5.74) is 4.05. The topological polar surface area (TPSA) is 60.1 Å². The molecule has 0 amide bonds. The summed E-state index contributed by atoms with van der Waals surface area (Å²) in [5.74, 6) is 1.72. The van der Waals surface area contributed by atoms with E-state index in [0.29, 0.717) is 22.9 Å². The van der Waals surface area contributed by atoms with E-state index in [1.165, 1.54) is 16.0 Å². The van der Waals surface area contributed by atoms with Crippen molar-refractivity contribution in [3.05, 3.63) is 75.2 Å². The number of carbonyl (C=O) groups excluding carboxylic acids is 1. The van der Waals surface area contributed by atoms with Crippen molar-refractivity contribution in [2.24, 2.45) is 0 Å². The van der Waals surface area contributed by atoms with E-state index < -0.39 is 0 Å². The molecule has 3 aromatic heterocycles. The maximum Gasteiger partial charge on any atom is 0.253 e. The second-order valence-electron chi connectivity index (χ2n) is 7.00. The predicted octanol–water partition coefficient (Wildman–Crippen LogP) is 4.70. The summed E-state index contributed by atoms with van der Waals surface area (Å²) >= 11 is 3.29. The summed E-state index contributed by atoms with van der Waals surface area (Å²) in [6.07, 6.45) is 3.11. The van der Waals surface area contributed by atoms with Crippen LogP contribution in [0.2, 0.25) is 0 Å². The first-order chi connectivity index (χ1) is 13.7. The fourth-order valence-electron chi connectivity index (χ4n) is 3.56. The molecule has 0 bridgehead atoms. The minimum atomic E-state index is 0.138. The van der Waals surface area contributed by atoms with Gasteiger partial charge >= 0.3 is 0 Å². The number of thioether (sulfide) groups is 1. The highest BCUT2D eigenvalue weighted by atomic mass is 32.2. The van der Waals surface area contributed by atoms with Crippen molar-refractivity contribution in [1.82, 2.24) is 19.6 Å². The van der Waals surface area contributed by atoms with Crippen molar-refractivity contribution in [3.8, 4) is 0 Å². The van der Waals surface area contributed by atoms with Gasteiger partial charge in [-0.15, -0.1) is 16.4 Å². The van der Waals surface area contributed by atoms with Crippen LogP contribution in [0.25, 0.3) is 5.78 Å². The van der Waals surface area contributed by atoms with E-state index in [2.05, 4.69) is 45.6 Å². The van der Waals surface area contributed by atoms with Crippen LogP contribution in [0, 0.1) is 6.92 Å². The minimum absolute atomic E-state index is 0.138. The fourth-order valence-corrected chi connectivity index (χ4v) is 5.30.